The number of carbonyl (C=O) groups is 2. The van der Waals surface area contributed by atoms with Gasteiger partial charge in [0.25, 0.3) is 0 Å². The van der Waals surface area contributed by atoms with Crippen LogP contribution in [0.2, 0.25) is 10.0 Å². The number of nitrogens with one attached hydrogen (secondary N) is 2. The van der Waals surface area contributed by atoms with E-state index >= 15 is 0 Å². The maximum Gasteiger partial charge on any atom is 0.326 e. The lowest BCUT2D eigenvalue weighted by molar-refractivity contribution is -0.146. The second-order valence-electron chi connectivity index (χ2n) is 17.0. The molecule has 0 amide bonds. The minimum Gasteiger partial charge on any atom is -0.493 e. The number of fused-ring (bicyclic) bond motifs is 2. The lowest BCUT2D eigenvalue weighted by Crippen LogP contribution is -2.52. The molecule has 348 valence electrons. The molecule has 0 saturated heterocycles. The highest BCUT2D eigenvalue weighted by Crippen LogP contribution is 2.47. The van der Waals surface area contributed by atoms with Gasteiger partial charge < -0.3 is 39.4 Å². The number of carboxylic acids is 2. The molecule has 0 unspecified atom stereocenters. The van der Waals surface area contributed by atoms with E-state index < -0.39 is 36.2 Å². The SMILES string of the molecule is CCOc1cc(O[C@H]2CCc3c(-c4cccc5c4CC[C@@H]5Oc4cc(OCc5cc(C#N)cc(C#N)c5)c(CN[C@@](C)(CO)C(=O)O)cc4Cl)cccc32)c(Cl)cc1CN[C@@](C)(CO)C(=O)O. The van der Waals surface area contributed by atoms with Crippen LogP contribution in [0.3, 0.4) is 0 Å². The minimum atomic E-state index is -1.65. The molecule has 0 aliphatic heterocycles. The van der Waals surface area contributed by atoms with Crippen LogP contribution < -0.4 is 29.6 Å². The summed E-state index contributed by atoms with van der Waals surface area (Å²) in [7, 11) is 0. The Kier molecular flexibility index (Phi) is 15.0. The van der Waals surface area contributed by atoms with Crippen LogP contribution in [0, 0.1) is 22.7 Å². The van der Waals surface area contributed by atoms with E-state index in [4.69, 9.17) is 42.1 Å². The molecule has 67 heavy (non-hydrogen) atoms. The van der Waals surface area contributed by atoms with Gasteiger partial charge in [-0.2, -0.15) is 10.5 Å². The van der Waals surface area contributed by atoms with Gasteiger partial charge in [0.1, 0.15) is 52.9 Å². The van der Waals surface area contributed by atoms with Gasteiger partial charge in [-0.3, -0.25) is 20.2 Å². The summed E-state index contributed by atoms with van der Waals surface area (Å²) in [6.45, 7) is 3.73. The highest BCUT2D eigenvalue weighted by molar-refractivity contribution is 6.32. The predicted octanol–water partition coefficient (Wildman–Crippen LogP) is 8.36. The van der Waals surface area contributed by atoms with Crippen molar-refractivity contribution in [2.75, 3.05) is 19.8 Å². The number of hydrogen-bond donors (Lipinski definition) is 6. The fraction of sp³-hybridized carbons (Fsp3) is 0.333. The average Bonchev–Trinajstić information content (AvgIpc) is 3.94. The summed E-state index contributed by atoms with van der Waals surface area (Å²) in [6, 6.07) is 27.9. The first-order valence-corrected chi connectivity index (χ1v) is 22.5. The number of aliphatic hydroxyl groups excluding tert-OH is 2. The molecule has 0 aromatic heterocycles. The van der Waals surface area contributed by atoms with Crippen LogP contribution in [0.1, 0.15) is 95.9 Å². The van der Waals surface area contributed by atoms with E-state index in [0.717, 1.165) is 40.7 Å². The van der Waals surface area contributed by atoms with Crippen molar-refractivity contribution in [3.05, 3.63) is 139 Å². The summed E-state index contributed by atoms with van der Waals surface area (Å²) in [4.78, 5) is 23.8. The Labute approximate surface area is 398 Å². The third-order valence-corrected chi connectivity index (χ3v) is 12.9. The number of halogens is 2. The fourth-order valence-electron chi connectivity index (χ4n) is 8.37. The number of hydrogen-bond acceptors (Lipinski definition) is 12. The highest BCUT2D eigenvalue weighted by Gasteiger charge is 2.35. The molecule has 14 nitrogen and oxygen atoms in total. The Hall–Kier alpha value is -6.36. The van der Waals surface area contributed by atoms with Crippen molar-refractivity contribution in [2.45, 2.75) is 89.4 Å². The molecule has 6 N–H and O–H groups in total. The lowest BCUT2D eigenvalue weighted by Gasteiger charge is -2.25. The van der Waals surface area contributed by atoms with Crippen LogP contribution in [0.25, 0.3) is 11.1 Å². The largest absolute Gasteiger partial charge is 0.493 e. The second-order valence-corrected chi connectivity index (χ2v) is 17.8. The van der Waals surface area contributed by atoms with Gasteiger partial charge in [-0.1, -0.05) is 59.6 Å². The number of nitriles is 2. The Bertz CT molecular complexity index is 2760. The lowest BCUT2D eigenvalue weighted by atomic mass is 9.91. The molecule has 0 bridgehead atoms. The third kappa shape index (κ3) is 10.5. The zero-order chi connectivity index (χ0) is 48.0. The molecule has 2 aliphatic carbocycles. The molecule has 0 radical (unpaired) electrons. The van der Waals surface area contributed by atoms with E-state index in [9.17, 15) is 40.5 Å². The summed E-state index contributed by atoms with van der Waals surface area (Å²) >= 11 is 13.7. The monoisotopic (exact) mass is 948 g/mol. The molecule has 5 aromatic rings. The van der Waals surface area contributed by atoms with E-state index in [1.54, 1.807) is 36.4 Å². The van der Waals surface area contributed by atoms with Crippen molar-refractivity contribution < 1.29 is 49.0 Å². The van der Waals surface area contributed by atoms with Gasteiger partial charge in [0.05, 0.1) is 53.1 Å². The summed E-state index contributed by atoms with van der Waals surface area (Å²) in [5.74, 6) is -0.837. The molecule has 0 spiro atoms. The minimum absolute atomic E-state index is 0.0232. The van der Waals surface area contributed by atoms with Gasteiger partial charge in [0.15, 0.2) is 0 Å². The molecule has 5 aromatic carbocycles. The van der Waals surface area contributed by atoms with E-state index in [-0.39, 0.29) is 36.9 Å². The summed E-state index contributed by atoms with van der Waals surface area (Å²) in [5, 5.41) is 64.4. The molecule has 16 heteroatoms. The number of aliphatic carboxylic acids is 2. The van der Waals surface area contributed by atoms with Crippen molar-refractivity contribution >= 4 is 35.1 Å². The van der Waals surface area contributed by atoms with Gasteiger partial charge in [-0.25, -0.2) is 0 Å². The fourth-order valence-corrected chi connectivity index (χ4v) is 8.83. The quantitative estimate of drug-likeness (QED) is 0.0432. The zero-order valence-electron chi connectivity index (χ0n) is 37.1. The first kappa shape index (κ1) is 48.6. The molecule has 0 saturated carbocycles. The molecular formula is C51H50Cl2N4O10. The molecule has 2 aliphatic rings. The normalized spacial score (nSPS) is 16.7. The predicted molar refractivity (Wildman–Crippen MR) is 249 cm³/mol. The number of rotatable bonds is 20. The average molecular weight is 950 g/mol. The molecule has 7 rings (SSSR count). The van der Waals surface area contributed by atoms with Crippen LogP contribution >= 0.6 is 23.2 Å². The Morgan fingerprint density at radius 2 is 1.13 bits per heavy atom. The molecule has 0 heterocycles. The van der Waals surface area contributed by atoms with Crippen LogP contribution in [0.4, 0.5) is 0 Å². The van der Waals surface area contributed by atoms with E-state index in [1.807, 2.05) is 19.1 Å². The summed E-state index contributed by atoms with van der Waals surface area (Å²) in [5.41, 5.74) is 5.64. The third-order valence-electron chi connectivity index (χ3n) is 12.3. The van der Waals surface area contributed by atoms with Crippen molar-refractivity contribution in [1.29, 1.82) is 10.5 Å². The van der Waals surface area contributed by atoms with Gasteiger partial charge in [0.2, 0.25) is 0 Å². The standard InChI is InChI=1S/C51H50Cl2N4O10/c1-4-64-44-20-46(40(52)18-32(44)24-56-50(2,27-58)48(60)61)66-42-13-11-36-34(7-5-9-38(36)42)35-8-6-10-39-37(35)12-14-43(39)67-47-21-45(65-26-31-16-29(22-54)15-30(17-31)23-55)33(19-41(47)53)25-57-51(3,28-59)49(62)63/h5-10,15-21,42-43,56-59H,4,11-14,24-28H2,1-3H3,(H,60,61)(H,62,63)/t42-,43-,50-,51-/m0/s1. The molecular weight excluding hydrogens is 899 g/mol. The number of ether oxygens (including phenoxy) is 4. The zero-order valence-corrected chi connectivity index (χ0v) is 38.6. The van der Waals surface area contributed by atoms with Crippen LogP contribution in [0.5, 0.6) is 23.0 Å². The van der Waals surface area contributed by atoms with Gasteiger partial charge in [-0.15, -0.1) is 0 Å². The van der Waals surface area contributed by atoms with Crippen molar-refractivity contribution in [2.24, 2.45) is 0 Å². The molecule has 4 atom stereocenters. The van der Waals surface area contributed by atoms with Crippen LogP contribution in [-0.2, 0) is 42.1 Å². The first-order valence-electron chi connectivity index (χ1n) is 21.7. The topological polar surface area (TPSA) is 224 Å². The van der Waals surface area contributed by atoms with Gasteiger partial charge >= 0.3 is 11.9 Å². The highest BCUT2D eigenvalue weighted by atomic mass is 35.5. The smallest absolute Gasteiger partial charge is 0.326 e. The first-order chi connectivity index (χ1) is 32.1. The Balaban J connectivity index is 1.13. The van der Waals surface area contributed by atoms with Crippen molar-refractivity contribution in [1.82, 2.24) is 10.6 Å². The van der Waals surface area contributed by atoms with Gasteiger partial charge in [0, 0.05) is 36.3 Å². The van der Waals surface area contributed by atoms with Gasteiger partial charge in [-0.05, 0) is 116 Å². The number of aliphatic hydroxyl groups is 2. The number of carboxylic acid groups (broad SMARTS) is 2. The Morgan fingerprint density at radius 3 is 1.54 bits per heavy atom. The summed E-state index contributed by atoms with van der Waals surface area (Å²) < 4.78 is 25.5. The number of nitrogens with zero attached hydrogens (tertiary/aromatic N) is 2. The Morgan fingerprint density at radius 1 is 0.687 bits per heavy atom. The van der Waals surface area contributed by atoms with E-state index in [2.05, 4.69) is 47.0 Å². The maximum atomic E-state index is 12.0. The van der Waals surface area contributed by atoms with E-state index in [0.29, 0.717) is 75.3 Å². The maximum absolute atomic E-state index is 12.0. The van der Waals surface area contributed by atoms with Crippen LogP contribution in [-0.4, -0.2) is 63.3 Å². The van der Waals surface area contributed by atoms with Crippen LogP contribution in [0.15, 0.2) is 78.9 Å². The van der Waals surface area contributed by atoms with E-state index in [1.165, 1.54) is 25.5 Å². The molecule has 0 fully saturated rings. The number of benzene rings is 5. The second kappa shape index (κ2) is 20.7. The van der Waals surface area contributed by atoms with Crippen molar-refractivity contribution in [3.63, 3.8) is 0 Å². The summed E-state index contributed by atoms with van der Waals surface area (Å²) in [6.07, 6.45) is 2.19. The van der Waals surface area contributed by atoms with Crippen molar-refractivity contribution in [3.8, 4) is 46.3 Å².